The van der Waals surface area contributed by atoms with E-state index < -0.39 is 0 Å². The lowest BCUT2D eigenvalue weighted by Gasteiger charge is -2.23. The van der Waals surface area contributed by atoms with E-state index in [0.717, 1.165) is 22.9 Å². The summed E-state index contributed by atoms with van der Waals surface area (Å²) in [5.74, 6) is 0. The van der Waals surface area contributed by atoms with Crippen molar-refractivity contribution in [2.45, 2.75) is 32.1 Å². The Morgan fingerprint density at radius 1 is 1.36 bits per heavy atom. The molecule has 0 saturated carbocycles. The Balaban J connectivity index is 3.19. The lowest BCUT2D eigenvalue weighted by Crippen LogP contribution is -2.21. The van der Waals surface area contributed by atoms with Gasteiger partial charge in [-0.2, -0.15) is 5.26 Å². The topological polar surface area (TPSA) is 23.8 Å². The molecule has 0 spiro atoms. The molecule has 0 heterocycles. The minimum atomic E-state index is -0.316. The zero-order chi connectivity index (χ0) is 10.6. The van der Waals surface area contributed by atoms with Gasteiger partial charge in [0.2, 0.25) is 0 Å². The first-order chi connectivity index (χ1) is 6.68. The van der Waals surface area contributed by atoms with Gasteiger partial charge in [-0.05, 0) is 30.5 Å². The van der Waals surface area contributed by atoms with Crippen molar-refractivity contribution in [1.29, 1.82) is 5.26 Å². The summed E-state index contributed by atoms with van der Waals surface area (Å²) in [6.07, 6.45) is 1.72. The van der Waals surface area contributed by atoms with Crippen LogP contribution in [0.5, 0.6) is 0 Å². The molecule has 0 aliphatic carbocycles. The van der Waals surface area contributed by atoms with Gasteiger partial charge in [0.25, 0.3) is 0 Å². The van der Waals surface area contributed by atoms with Gasteiger partial charge in [0.15, 0.2) is 0 Å². The van der Waals surface area contributed by atoms with Gasteiger partial charge >= 0.3 is 0 Å². The van der Waals surface area contributed by atoms with E-state index in [1.54, 1.807) is 0 Å². The van der Waals surface area contributed by atoms with Crippen molar-refractivity contribution in [3.05, 3.63) is 34.3 Å². The van der Waals surface area contributed by atoms with Crippen molar-refractivity contribution in [1.82, 2.24) is 0 Å². The highest BCUT2D eigenvalue weighted by Gasteiger charge is 2.27. The highest BCUT2D eigenvalue weighted by molar-refractivity contribution is 9.10. The molecule has 0 aliphatic rings. The van der Waals surface area contributed by atoms with Gasteiger partial charge < -0.3 is 0 Å². The van der Waals surface area contributed by atoms with Crippen molar-refractivity contribution >= 4 is 15.9 Å². The number of nitrogens with zero attached hydrogens (tertiary/aromatic N) is 1. The number of hydrogen-bond donors (Lipinski definition) is 0. The molecule has 0 aliphatic heterocycles. The first-order valence-electron chi connectivity index (χ1n) is 4.86. The molecule has 1 aromatic rings. The Kier molecular flexibility index (Phi) is 3.71. The fourth-order valence-corrected chi connectivity index (χ4v) is 2.07. The average Bonchev–Trinajstić information content (AvgIpc) is 2.22. The Hall–Kier alpha value is -0.810. The predicted octanol–water partition coefficient (Wildman–Crippen LogP) is 4.03. The molecular weight excluding hydrogens is 238 g/mol. The van der Waals surface area contributed by atoms with Gasteiger partial charge in [-0.3, -0.25) is 0 Å². The van der Waals surface area contributed by atoms with Crippen molar-refractivity contribution in [3.8, 4) is 6.07 Å². The molecule has 2 heteroatoms. The Labute approximate surface area is 93.9 Å². The predicted molar refractivity (Wildman–Crippen MR) is 62.0 cm³/mol. The van der Waals surface area contributed by atoms with E-state index in [2.05, 4.69) is 35.8 Å². The summed E-state index contributed by atoms with van der Waals surface area (Å²) in [5.41, 5.74) is 0.795. The third kappa shape index (κ3) is 1.99. The number of hydrogen-bond acceptors (Lipinski definition) is 1. The van der Waals surface area contributed by atoms with Crippen LogP contribution in [-0.4, -0.2) is 0 Å². The van der Waals surface area contributed by atoms with E-state index in [1.807, 2.05) is 24.3 Å². The first-order valence-corrected chi connectivity index (χ1v) is 5.65. The Morgan fingerprint density at radius 2 is 2.00 bits per heavy atom. The summed E-state index contributed by atoms with van der Waals surface area (Å²) in [6, 6.07) is 10.5. The molecule has 1 rings (SSSR count). The molecule has 0 bridgehead atoms. The van der Waals surface area contributed by atoms with Crippen LogP contribution < -0.4 is 0 Å². The zero-order valence-corrected chi connectivity index (χ0v) is 10.1. The molecule has 1 nitrogen and oxygen atoms in total. The zero-order valence-electron chi connectivity index (χ0n) is 8.55. The first kappa shape index (κ1) is 11.3. The van der Waals surface area contributed by atoms with E-state index in [4.69, 9.17) is 0 Å². The molecule has 1 aromatic carbocycles. The van der Waals surface area contributed by atoms with Crippen LogP contribution in [0, 0.1) is 11.3 Å². The number of benzene rings is 1. The second-order valence-corrected chi connectivity index (χ2v) is 4.33. The van der Waals surface area contributed by atoms with E-state index >= 15 is 0 Å². The molecule has 14 heavy (non-hydrogen) atoms. The standard InChI is InChI=1S/C12H14BrN/c1-3-12(4-2,9-14)10-6-5-7-11(13)8-10/h5-8H,3-4H2,1-2H3. The van der Waals surface area contributed by atoms with Crippen LogP contribution in [0.2, 0.25) is 0 Å². The van der Waals surface area contributed by atoms with Crippen LogP contribution in [0.1, 0.15) is 32.3 Å². The normalized spacial score (nSPS) is 11.0. The molecule has 0 saturated heterocycles. The van der Waals surface area contributed by atoms with Crippen LogP contribution in [0.15, 0.2) is 28.7 Å². The summed E-state index contributed by atoms with van der Waals surface area (Å²) >= 11 is 3.43. The highest BCUT2D eigenvalue weighted by atomic mass is 79.9. The van der Waals surface area contributed by atoms with E-state index in [1.165, 1.54) is 0 Å². The molecule has 0 radical (unpaired) electrons. The SMILES string of the molecule is CCC(C#N)(CC)c1cccc(Br)c1. The summed E-state index contributed by atoms with van der Waals surface area (Å²) in [7, 11) is 0. The van der Waals surface area contributed by atoms with Crippen LogP contribution >= 0.6 is 15.9 Å². The summed E-state index contributed by atoms with van der Waals surface area (Å²) in [5, 5.41) is 9.26. The van der Waals surface area contributed by atoms with Crippen molar-refractivity contribution in [2.75, 3.05) is 0 Å². The maximum Gasteiger partial charge on any atom is 0.0817 e. The Morgan fingerprint density at radius 3 is 2.43 bits per heavy atom. The molecular formula is C12H14BrN. The number of halogens is 1. The minimum Gasteiger partial charge on any atom is -0.197 e. The summed E-state index contributed by atoms with van der Waals surface area (Å²) in [4.78, 5) is 0. The van der Waals surface area contributed by atoms with Gasteiger partial charge in [-0.1, -0.05) is 41.9 Å². The summed E-state index contributed by atoms with van der Waals surface area (Å²) in [6.45, 7) is 4.13. The second-order valence-electron chi connectivity index (χ2n) is 3.41. The van der Waals surface area contributed by atoms with Gasteiger partial charge in [0.1, 0.15) is 0 Å². The summed E-state index contributed by atoms with van der Waals surface area (Å²) < 4.78 is 1.04. The van der Waals surface area contributed by atoms with E-state index in [-0.39, 0.29) is 5.41 Å². The van der Waals surface area contributed by atoms with Crippen molar-refractivity contribution < 1.29 is 0 Å². The monoisotopic (exact) mass is 251 g/mol. The third-order valence-electron chi connectivity index (χ3n) is 2.80. The largest absolute Gasteiger partial charge is 0.197 e. The van der Waals surface area contributed by atoms with Crippen LogP contribution in [0.4, 0.5) is 0 Å². The quantitative estimate of drug-likeness (QED) is 0.796. The molecule has 0 aromatic heterocycles. The lowest BCUT2D eigenvalue weighted by molar-refractivity contribution is 0.511. The van der Waals surface area contributed by atoms with Crippen LogP contribution in [0.3, 0.4) is 0 Å². The average molecular weight is 252 g/mol. The second kappa shape index (κ2) is 4.61. The van der Waals surface area contributed by atoms with Crippen molar-refractivity contribution in [2.24, 2.45) is 0 Å². The molecule has 0 atom stereocenters. The maximum atomic E-state index is 9.26. The maximum absolute atomic E-state index is 9.26. The van der Waals surface area contributed by atoms with E-state index in [0.29, 0.717) is 0 Å². The lowest BCUT2D eigenvalue weighted by atomic mass is 9.77. The van der Waals surface area contributed by atoms with Gasteiger partial charge in [-0.25, -0.2) is 0 Å². The minimum absolute atomic E-state index is 0.316. The molecule has 0 fully saturated rings. The third-order valence-corrected chi connectivity index (χ3v) is 3.29. The van der Waals surface area contributed by atoms with E-state index in [9.17, 15) is 5.26 Å². The van der Waals surface area contributed by atoms with Crippen LogP contribution in [0.25, 0.3) is 0 Å². The van der Waals surface area contributed by atoms with Gasteiger partial charge in [-0.15, -0.1) is 0 Å². The van der Waals surface area contributed by atoms with Gasteiger partial charge in [0.05, 0.1) is 11.5 Å². The molecule has 0 N–H and O–H groups in total. The number of rotatable bonds is 3. The highest BCUT2D eigenvalue weighted by Crippen LogP contribution is 2.32. The molecule has 0 unspecified atom stereocenters. The fraction of sp³-hybridized carbons (Fsp3) is 0.417. The fourth-order valence-electron chi connectivity index (χ4n) is 1.67. The van der Waals surface area contributed by atoms with Crippen molar-refractivity contribution in [3.63, 3.8) is 0 Å². The molecule has 0 amide bonds. The number of nitriles is 1. The Bertz CT molecular complexity index is 348. The smallest absolute Gasteiger partial charge is 0.0817 e. The van der Waals surface area contributed by atoms with Gasteiger partial charge in [0, 0.05) is 4.47 Å². The molecule has 74 valence electrons. The van der Waals surface area contributed by atoms with Crippen LogP contribution in [-0.2, 0) is 5.41 Å².